The predicted octanol–water partition coefficient (Wildman–Crippen LogP) is 2.93. The Bertz CT molecular complexity index is 457. The summed E-state index contributed by atoms with van der Waals surface area (Å²) < 4.78 is 10.5. The highest BCUT2D eigenvalue weighted by Crippen LogP contribution is 2.40. The second kappa shape index (κ2) is 5.96. The maximum atomic E-state index is 10.9. The van der Waals surface area contributed by atoms with Gasteiger partial charge in [-0.2, -0.15) is 0 Å². The Morgan fingerprint density at radius 3 is 2.39 bits per heavy atom. The van der Waals surface area contributed by atoms with Crippen molar-refractivity contribution < 1.29 is 19.4 Å². The van der Waals surface area contributed by atoms with Gasteiger partial charge in [0.25, 0.3) is 0 Å². The highest BCUT2D eigenvalue weighted by molar-refractivity contribution is 6.32. The summed E-state index contributed by atoms with van der Waals surface area (Å²) in [6.45, 7) is 3.53. The van der Waals surface area contributed by atoms with Crippen LogP contribution in [0.15, 0.2) is 6.07 Å². The predicted molar refractivity (Wildman–Crippen MR) is 69.8 cm³/mol. The van der Waals surface area contributed by atoms with Crippen molar-refractivity contribution in [1.29, 1.82) is 0 Å². The van der Waals surface area contributed by atoms with Gasteiger partial charge in [-0.25, -0.2) is 0 Å². The van der Waals surface area contributed by atoms with Crippen molar-refractivity contribution in [2.75, 3.05) is 14.2 Å². The van der Waals surface area contributed by atoms with Gasteiger partial charge in [0, 0.05) is 5.56 Å². The van der Waals surface area contributed by atoms with Gasteiger partial charge < -0.3 is 14.6 Å². The first-order chi connectivity index (χ1) is 8.42. The Labute approximate surface area is 111 Å². The molecule has 18 heavy (non-hydrogen) atoms. The van der Waals surface area contributed by atoms with E-state index in [4.69, 9.17) is 26.2 Å². The van der Waals surface area contributed by atoms with E-state index in [0.717, 1.165) is 11.1 Å². The normalized spacial score (nSPS) is 12.1. The lowest BCUT2D eigenvalue weighted by molar-refractivity contribution is -0.141. The number of halogens is 1. The van der Waals surface area contributed by atoms with Crippen LogP contribution in [-0.4, -0.2) is 25.3 Å². The first-order valence-corrected chi connectivity index (χ1v) is 5.92. The summed E-state index contributed by atoms with van der Waals surface area (Å²) in [5.41, 5.74) is 1.71. The summed E-state index contributed by atoms with van der Waals surface area (Å²) in [4.78, 5) is 10.9. The molecule has 1 unspecified atom stereocenters. The van der Waals surface area contributed by atoms with E-state index >= 15 is 0 Å². The van der Waals surface area contributed by atoms with E-state index in [1.165, 1.54) is 14.2 Å². The molecule has 0 aliphatic carbocycles. The Kier molecular flexibility index (Phi) is 4.84. The zero-order valence-electron chi connectivity index (χ0n) is 10.9. The third kappa shape index (κ3) is 2.88. The van der Waals surface area contributed by atoms with Gasteiger partial charge in [-0.05, 0) is 25.0 Å². The first kappa shape index (κ1) is 14.6. The minimum Gasteiger partial charge on any atom is -0.493 e. The number of carboxylic acids is 1. The number of hydrogen-bond acceptors (Lipinski definition) is 3. The van der Waals surface area contributed by atoms with Crippen molar-refractivity contribution in [1.82, 2.24) is 0 Å². The fraction of sp³-hybridized carbons (Fsp3) is 0.462. The standard InChI is InChI=1S/C13H17ClO4/c1-7-6-10(14)12(18-4)11(17-3)9(7)5-8(2)13(15)16/h6,8H,5H2,1-4H3,(H,15,16). The molecule has 0 spiro atoms. The molecule has 5 heteroatoms. The summed E-state index contributed by atoms with van der Waals surface area (Å²) in [6.07, 6.45) is 0.373. The van der Waals surface area contributed by atoms with Crippen LogP contribution in [0.4, 0.5) is 0 Å². The minimum absolute atomic E-state index is 0.373. The maximum Gasteiger partial charge on any atom is 0.306 e. The summed E-state index contributed by atoms with van der Waals surface area (Å²) in [6, 6.07) is 1.76. The molecule has 0 bridgehead atoms. The first-order valence-electron chi connectivity index (χ1n) is 5.55. The maximum absolute atomic E-state index is 10.9. The Morgan fingerprint density at radius 1 is 1.39 bits per heavy atom. The lowest BCUT2D eigenvalue weighted by Gasteiger charge is -2.18. The monoisotopic (exact) mass is 272 g/mol. The highest BCUT2D eigenvalue weighted by atomic mass is 35.5. The smallest absolute Gasteiger partial charge is 0.306 e. The number of aliphatic carboxylic acids is 1. The number of hydrogen-bond donors (Lipinski definition) is 1. The second-order valence-electron chi connectivity index (χ2n) is 4.16. The van der Waals surface area contributed by atoms with Gasteiger partial charge in [-0.15, -0.1) is 0 Å². The van der Waals surface area contributed by atoms with Crippen molar-refractivity contribution in [3.63, 3.8) is 0 Å². The van der Waals surface area contributed by atoms with Crippen molar-refractivity contribution >= 4 is 17.6 Å². The van der Waals surface area contributed by atoms with Crippen LogP contribution in [0.3, 0.4) is 0 Å². The largest absolute Gasteiger partial charge is 0.493 e. The summed E-state index contributed by atoms with van der Waals surface area (Å²) >= 11 is 6.06. The molecule has 1 rings (SSSR count). The van der Waals surface area contributed by atoms with Crippen molar-refractivity contribution in [3.05, 3.63) is 22.2 Å². The summed E-state index contributed by atoms with van der Waals surface area (Å²) in [7, 11) is 3.02. The van der Waals surface area contributed by atoms with Crippen LogP contribution in [0, 0.1) is 12.8 Å². The van der Waals surface area contributed by atoms with Gasteiger partial charge >= 0.3 is 5.97 Å². The molecule has 100 valence electrons. The third-order valence-electron chi connectivity index (χ3n) is 2.86. The number of carboxylic acid groups (broad SMARTS) is 1. The molecule has 0 aliphatic heterocycles. The molecule has 1 atom stereocenters. The zero-order chi connectivity index (χ0) is 13.9. The lowest BCUT2D eigenvalue weighted by atomic mass is 9.96. The average Bonchev–Trinajstić information content (AvgIpc) is 2.31. The van der Waals surface area contributed by atoms with Crippen LogP contribution in [0.25, 0.3) is 0 Å². The molecule has 0 amide bonds. The third-order valence-corrected chi connectivity index (χ3v) is 3.14. The molecular weight excluding hydrogens is 256 g/mol. The molecule has 0 saturated heterocycles. The molecule has 0 aliphatic rings. The molecule has 1 aromatic carbocycles. The van der Waals surface area contributed by atoms with E-state index in [9.17, 15) is 4.79 Å². The van der Waals surface area contributed by atoms with E-state index in [2.05, 4.69) is 0 Å². The second-order valence-corrected chi connectivity index (χ2v) is 4.57. The van der Waals surface area contributed by atoms with Crippen molar-refractivity contribution in [3.8, 4) is 11.5 Å². The number of carbonyl (C=O) groups is 1. The molecule has 0 heterocycles. The van der Waals surface area contributed by atoms with E-state index < -0.39 is 11.9 Å². The molecular formula is C13H17ClO4. The van der Waals surface area contributed by atoms with Gasteiger partial charge in [-0.1, -0.05) is 18.5 Å². The molecule has 0 saturated carbocycles. The van der Waals surface area contributed by atoms with E-state index in [1.54, 1.807) is 13.0 Å². The van der Waals surface area contributed by atoms with Gasteiger partial charge in [0.2, 0.25) is 0 Å². The van der Waals surface area contributed by atoms with Crippen LogP contribution in [0.5, 0.6) is 11.5 Å². The van der Waals surface area contributed by atoms with Gasteiger partial charge in [0.15, 0.2) is 11.5 Å². The lowest BCUT2D eigenvalue weighted by Crippen LogP contribution is -2.14. The van der Waals surface area contributed by atoms with Crippen molar-refractivity contribution in [2.24, 2.45) is 5.92 Å². The summed E-state index contributed by atoms with van der Waals surface area (Å²) in [5, 5.41) is 9.44. The molecule has 1 N–H and O–H groups in total. The van der Waals surface area contributed by atoms with Crippen molar-refractivity contribution in [2.45, 2.75) is 20.3 Å². The Balaban J connectivity index is 3.29. The number of methoxy groups -OCH3 is 2. The number of benzene rings is 1. The van der Waals surface area contributed by atoms with Gasteiger partial charge in [0.1, 0.15) is 0 Å². The fourth-order valence-electron chi connectivity index (χ4n) is 1.82. The number of ether oxygens (including phenoxy) is 2. The van der Waals surface area contributed by atoms with Crippen LogP contribution in [0.1, 0.15) is 18.1 Å². The van der Waals surface area contributed by atoms with E-state index in [1.807, 2.05) is 6.92 Å². The summed E-state index contributed by atoms with van der Waals surface area (Å²) in [5.74, 6) is -0.387. The topological polar surface area (TPSA) is 55.8 Å². The van der Waals surface area contributed by atoms with E-state index in [-0.39, 0.29) is 0 Å². The number of aryl methyl sites for hydroxylation is 1. The number of rotatable bonds is 5. The molecule has 1 aromatic rings. The van der Waals surface area contributed by atoms with E-state index in [0.29, 0.717) is 22.9 Å². The van der Waals surface area contributed by atoms with Crippen LogP contribution < -0.4 is 9.47 Å². The van der Waals surface area contributed by atoms with Gasteiger partial charge in [0.05, 0.1) is 25.2 Å². The molecule has 0 fully saturated rings. The van der Waals surface area contributed by atoms with Crippen LogP contribution in [-0.2, 0) is 11.2 Å². The minimum atomic E-state index is -0.842. The average molecular weight is 273 g/mol. The quantitative estimate of drug-likeness (QED) is 0.895. The fourth-order valence-corrected chi connectivity index (χ4v) is 2.15. The Morgan fingerprint density at radius 2 is 1.94 bits per heavy atom. The van der Waals surface area contributed by atoms with Gasteiger partial charge in [-0.3, -0.25) is 4.79 Å². The van der Waals surface area contributed by atoms with Crippen LogP contribution >= 0.6 is 11.6 Å². The molecule has 0 radical (unpaired) electrons. The molecule has 4 nitrogen and oxygen atoms in total. The van der Waals surface area contributed by atoms with Crippen LogP contribution in [0.2, 0.25) is 5.02 Å². The Hall–Kier alpha value is -1.42. The molecule has 0 aromatic heterocycles. The highest BCUT2D eigenvalue weighted by Gasteiger charge is 2.21. The SMILES string of the molecule is COc1c(Cl)cc(C)c(CC(C)C(=O)O)c1OC. The zero-order valence-corrected chi connectivity index (χ0v) is 11.7.